The molecule has 0 aromatic carbocycles. The summed E-state index contributed by atoms with van der Waals surface area (Å²) < 4.78 is 1.26. The van der Waals surface area contributed by atoms with E-state index in [4.69, 9.17) is 0 Å². The molecule has 0 spiro atoms. The van der Waals surface area contributed by atoms with Gasteiger partial charge in [0.15, 0.2) is 0 Å². The van der Waals surface area contributed by atoms with Gasteiger partial charge < -0.3 is 0 Å². The molecule has 0 fully saturated rings. The number of hydrogen-bond acceptors (Lipinski definition) is 0. The molecule has 0 aliphatic rings. The zero-order chi connectivity index (χ0) is 9.72. The minimum absolute atomic E-state index is 0.0631. The maximum Gasteiger partial charge on any atom is 0.0857 e. The van der Waals surface area contributed by atoms with Crippen LogP contribution in [0.5, 0.6) is 0 Å². The molecule has 0 saturated carbocycles. The summed E-state index contributed by atoms with van der Waals surface area (Å²) in [5.41, 5.74) is 0. The molecule has 12 heavy (non-hydrogen) atoms. The van der Waals surface area contributed by atoms with Gasteiger partial charge in [-0.05, 0) is 18.3 Å². The quantitative estimate of drug-likeness (QED) is 0.500. The van der Waals surface area contributed by atoms with Gasteiger partial charge >= 0.3 is 0 Å². The molecule has 73 valence electrons. The lowest BCUT2D eigenvalue weighted by molar-refractivity contribution is 0.144. The van der Waals surface area contributed by atoms with Crippen LogP contribution in [0.4, 0.5) is 0 Å². The van der Waals surface area contributed by atoms with Crippen molar-refractivity contribution in [1.82, 2.24) is 0 Å². The predicted molar refractivity (Wildman–Crippen MR) is 69.8 cm³/mol. The van der Waals surface area contributed by atoms with Crippen molar-refractivity contribution in [2.75, 3.05) is 6.61 Å². The monoisotopic (exact) mass is 395 g/mol. The van der Waals surface area contributed by atoms with E-state index in [9.17, 15) is 5.11 Å². The summed E-state index contributed by atoms with van der Waals surface area (Å²) in [5, 5.41) is 10.7. The Hall–Kier alpha value is 1.42. The van der Waals surface area contributed by atoms with Gasteiger partial charge in [-0.25, -0.2) is 5.11 Å². The van der Waals surface area contributed by atoms with Crippen LogP contribution >= 0.6 is 45.2 Å². The summed E-state index contributed by atoms with van der Waals surface area (Å²) in [6, 6.07) is 0. The minimum atomic E-state index is 0.0631. The third-order valence-electron chi connectivity index (χ3n) is 2.05. The second-order valence-corrected chi connectivity index (χ2v) is 7.15. The lowest BCUT2D eigenvalue weighted by atomic mass is 9.94. The van der Waals surface area contributed by atoms with Crippen LogP contribution in [-0.2, 0) is 5.11 Å². The molecule has 0 aromatic rings. The molecule has 4 atom stereocenters. The predicted octanol–water partition coefficient (Wildman–Crippen LogP) is 3.71. The molecular formula is C9H17I2O. The topological polar surface area (TPSA) is 19.9 Å². The summed E-state index contributed by atoms with van der Waals surface area (Å²) >= 11 is 4.87. The Labute approximate surface area is 103 Å². The Bertz CT molecular complexity index is 117. The summed E-state index contributed by atoms with van der Waals surface area (Å²) in [6.07, 6.45) is 1.22. The van der Waals surface area contributed by atoms with Crippen molar-refractivity contribution < 1.29 is 5.11 Å². The first-order valence-corrected chi connectivity index (χ1v) is 6.84. The molecule has 0 saturated heterocycles. The molecular weight excluding hydrogens is 378 g/mol. The molecule has 0 heterocycles. The average molecular weight is 395 g/mol. The van der Waals surface area contributed by atoms with Crippen LogP contribution in [0.15, 0.2) is 0 Å². The third-order valence-corrected chi connectivity index (χ3v) is 5.01. The van der Waals surface area contributed by atoms with Crippen LogP contribution in [-0.4, -0.2) is 14.5 Å². The number of alkyl halides is 2. The fraction of sp³-hybridized carbons (Fsp3) is 1.00. The highest BCUT2D eigenvalue weighted by Crippen LogP contribution is 2.27. The highest BCUT2D eigenvalue weighted by Gasteiger charge is 2.21. The van der Waals surface area contributed by atoms with Crippen LogP contribution in [0.2, 0.25) is 0 Å². The summed E-state index contributed by atoms with van der Waals surface area (Å²) in [6.45, 7) is 6.59. The fourth-order valence-corrected chi connectivity index (χ4v) is 2.60. The van der Waals surface area contributed by atoms with E-state index in [2.05, 4.69) is 66.0 Å². The zero-order valence-corrected chi connectivity index (χ0v) is 12.2. The molecule has 3 heteroatoms. The molecule has 0 aliphatic heterocycles. The summed E-state index contributed by atoms with van der Waals surface area (Å²) in [4.78, 5) is 0. The van der Waals surface area contributed by atoms with E-state index in [-0.39, 0.29) is 6.61 Å². The van der Waals surface area contributed by atoms with Gasteiger partial charge in [0, 0.05) is 7.85 Å². The Morgan fingerprint density at radius 1 is 1.08 bits per heavy atom. The fourth-order valence-electron chi connectivity index (χ4n) is 1.30. The molecule has 0 bridgehead atoms. The van der Waals surface area contributed by atoms with Crippen molar-refractivity contribution in [2.45, 2.75) is 35.0 Å². The zero-order valence-electron chi connectivity index (χ0n) is 7.89. The van der Waals surface area contributed by atoms with Crippen LogP contribution in [0.3, 0.4) is 0 Å². The van der Waals surface area contributed by atoms with Crippen LogP contribution in [0.1, 0.15) is 27.2 Å². The maximum absolute atomic E-state index is 10.7. The molecule has 1 radical (unpaired) electrons. The van der Waals surface area contributed by atoms with Crippen molar-refractivity contribution in [3.8, 4) is 0 Å². The van der Waals surface area contributed by atoms with Gasteiger partial charge in [-0.1, -0.05) is 66.0 Å². The van der Waals surface area contributed by atoms with Gasteiger partial charge in [-0.15, -0.1) is 0 Å². The van der Waals surface area contributed by atoms with E-state index in [1.54, 1.807) is 0 Å². The average Bonchev–Trinajstić information content (AvgIpc) is 2.00. The van der Waals surface area contributed by atoms with Crippen molar-refractivity contribution in [3.63, 3.8) is 0 Å². The summed E-state index contributed by atoms with van der Waals surface area (Å²) in [5.74, 6) is 0.984. The van der Waals surface area contributed by atoms with Crippen molar-refractivity contribution >= 4 is 45.2 Å². The SMILES string of the molecule is CC(I)CC(C)C(I)C(C)C[O]. The van der Waals surface area contributed by atoms with Gasteiger partial charge in [0.1, 0.15) is 0 Å². The molecule has 0 rings (SSSR count). The van der Waals surface area contributed by atoms with Crippen LogP contribution < -0.4 is 0 Å². The number of hydrogen-bond donors (Lipinski definition) is 0. The maximum atomic E-state index is 10.7. The Morgan fingerprint density at radius 3 is 1.92 bits per heavy atom. The first-order chi connectivity index (χ1) is 5.49. The highest BCUT2D eigenvalue weighted by atomic mass is 127. The van der Waals surface area contributed by atoms with Crippen molar-refractivity contribution in [3.05, 3.63) is 0 Å². The largest absolute Gasteiger partial charge is 0.236 e. The smallest absolute Gasteiger partial charge is 0.0857 e. The molecule has 0 aliphatic carbocycles. The first kappa shape index (κ1) is 13.4. The van der Waals surface area contributed by atoms with Gasteiger partial charge in [0.05, 0.1) is 6.61 Å². The van der Waals surface area contributed by atoms with Gasteiger partial charge in [0.25, 0.3) is 0 Å². The van der Waals surface area contributed by atoms with Gasteiger partial charge in [-0.3, -0.25) is 0 Å². The van der Waals surface area contributed by atoms with E-state index >= 15 is 0 Å². The van der Waals surface area contributed by atoms with Gasteiger partial charge in [-0.2, -0.15) is 0 Å². The Balaban J connectivity index is 3.83. The number of halogens is 2. The molecule has 4 unspecified atom stereocenters. The van der Waals surface area contributed by atoms with Gasteiger partial charge in [0.2, 0.25) is 0 Å². The Kier molecular flexibility index (Phi) is 7.62. The van der Waals surface area contributed by atoms with Crippen LogP contribution in [0.25, 0.3) is 0 Å². The summed E-state index contributed by atoms with van der Waals surface area (Å²) in [7, 11) is 0. The first-order valence-electron chi connectivity index (χ1n) is 4.35. The normalized spacial score (nSPS) is 21.5. The Morgan fingerprint density at radius 2 is 1.58 bits per heavy atom. The molecule has 0 N–H and O–H groups in total. The molecule has 0 amide bonds. The lowest BCUT2D eigenvalue weighted by Gasteiger charge is -2.23. The minimum Gasteiger partial charge on any atom is -0.236 e. The number of rotatable bonds is 5. The van der Waals surface area contributed by atoms with Crippen LogP contribution in [0, 0.1) is 11.8 Å². The lowest BCUT2D eigenvalue weighted by Crippen LogP contribution is -2.23. The van der Waals surface area contributed by atoms with E-state index in [0.29, 0.717) is 19.7 Å². The molecule has 0 aromatic heterocycles. The third kappa shape index (κ3) is 5.21. The molecule has 1 nitrogen and oxygen atoms in total. The standard InChI is InChI=1S/C9H17I2O/c1-6(4-8(3)10)9(11)7(2)5-12/h6-9H,4-5H2,1-3H3. The van der Waals surface area contributed by atoms with E-state index in [1.807, 2.05) is 0 Å². The van der Waals surface area contributed by atoms with E-state index in [0.717, 1.165) is 0 Å². The second kappa shape index (κ2) is 6.81. The highest BCUT2D eigenvalue weighted by molar-refractivity contribution is 14.1. The van der Waals surface area contributed by atoms with Crippen molar-refractivity contribution in [2.24, 2.45) is 11.8 Å². The van der Waals surface area contributed by atoms with Crippen molar-refractivity contribution in [1.29, 1.82) is 0 Å². The second-order valence-electron chi connectivity index (χ2n) is 3.58. The van der Waals surface area contributed by atoms with E-state index in [1.165, 1.54) is 6.42 Å². The van der Waals surface area contributed by atoms with E-state index < -0.39 is 0 Å².